The van der Waals surface area contributed by atoms with Crippen molar-refractivity contribution in [2.75, 3.05) is 0 Å². The molecule has 1 heterocycles. The molecule has 6 heteroatoms. The Balaban J connectivity index is 2.01. The molecule has 98 valence electrons. The van der Waals surface area contributed by atoms with E-state index in [1.54, 1.807) is 0 Å². The topological polar surface area (TPSA) is 81.4 Å². The predicted molar refractivity (Wildman–Crippen MR) is 66.7 cm³/mol. The Bertz CT molecular complexity index is 622. The fourth-order valence-corrected chi connectivity index (χ4v) is 1.48. The van der Waals surface area contributed by atoms with Crippen molar-refractivity contribution in [2.24, 2.45) is 0 Å². The third-order valence-corrected chi connectivity index (χ3v) is 2.41. The van der Waals surface area contributed by atoms with Crippen LogP contribution in [-0.2, 0) is 18.1 Å². The second kappa shape index (κ2) is 5.92. The van der Waals surface area contributed by atoms with E-state index < -0.39 is 11.5 Å². The van der Waals surface area contributed by atoms with Crippen LogP contribution in [0.25, 0.3) is 0 Å². The van der Waals surface area contributed by atoms with Crippen molar-refractivity contribution < 1.29 is 14.6 Å². The summed E-state index contributed by atoms with van der Waals surface area (Å²) < 4.78 is 6.31. The molecule has 2 rings (SSSR count). The monoisotopic (exact) mass is 260 g/mol. The van der Waals surface area contributed by atoms with E-state index in [9.17, 15) is 9.59 Å². The third-order valence-electron chi connectivity index (χ3n) is 2.41. The minimum Gasteiger partial charge on any atom is -0.476 e. The molecule has 0 aliphatic heterocycles. The van der Waals surface area contributed by atoms with E-state index >= 15 is 0 Å². The number of carboxylic acids is 1. The lowest BCUT2D eigenvalue weighted by molar-refractivity contribution is 0.0508. The lowest BCUT2D eigenvalue weighted by Gasteiger charge is -2.06. The number of carboxylic acid groups (broad SMARTS) is 1. The van der Waals surface area contributed by atoms with Crippen molar-refractivity contribution in [2.45, 2.75) is 13.3 Å². The molecule has 0 saturated heterocycles. The molecule has 0 aliphatic carbocycles. The number of ether oxygens (including phenoxy) is 1. The molecular formula is C13H12N2O4. The summed E-state index contributed by atoms with van der Waals surface area (Å²) in [6.45, 7) is 0.237. The average Bonchev–Trinajstić information content (AvgIpc) is 2.42. The Morgan fingerprint density at radius 3 is 2.63 bits per heavy atom. The summed E-state index contributed by atoms with van der Waals surface area (Å²) in [5, 5.41) is 12.5. The third kappa shape index (κ3) is 3.49. The van der Waals surface area contributed by atoms with Gasteiger partial charge in [0.25, 0.3) is 5.56 Å². The molecule has 1 aromatic heterocycles. The smallest absolute Gasteiger partial charge is 0.356 e. The van der Waals surface area contributed by atoms with Crippen molar-refractivity contribution in [1.29, 1.82) is 0 Å². The van der Waals surface area contributed by atoms with Crippen molar-refractivity contribution in [3.63, 3.8) is 0 Å². The summed E-state index contributed by atoms with van der Waals surface area (Å²) in [7, 11) is 0. The Morgan fingerprint density at radius 2 is 1.95 bits per heavy atom. The van der Waals surface area contributed by atoms with Crippen LogP contribution >= 0.6 is 0 Å². The number of rotatable bonds is 5. The van der Waals surface area contributed by atoms with Gasteiger partial charge in [0.1, 0.15) is 6.73 Å². The van der Waals surface area contributed by atoms with Crippen LogP contribution in [0.15, 0.2) is 47.3 Å². The molecule has 0 fully saturated rings. The van der Waals surface area contributed by atoms with Crippen LogP contribution in [0.1, 0.15) is 16.1 Å². The van der Waals surface area contributed by atoms with Crippen LogP contribution in [0.5, 0.6) is 0 Å². The van der Waals surface area contributed by atoms with Gasteiger partial charge in [-0.25, -0.2) is 9.48 Å². The zero-order valence-corrected chi connectivity index (χ0v) is 10.0. The Hall–Kier alpha value is -2.47. The van der Waals surface area contributed by atoms with Gasteiger partial charge in [0.15, 0.2) is 5.69 Å². The zero-order valence-electron chi connectivity index (χ0n) is 10.0. The van der Waals surface area contributed by atoms with E-state index in [0.717, 1.165) is 16.3 Å². The first-order valence-corrected chi connectivity index (χ1v) is 5.60. The first-order valence-electron chi connectivity index (χ1n) is 5.60. The predicted octanol–water partition coefficient (Wildman–Crippen LogP) is 1.12. The molecule has 0 atom stereocenters. The summed E-state index contributed by atoms with van der Waals surface area (Å²) in [6.07, 6.45) is 0. The molecule has 0 unspecified atom stereocenters. The highest BCUT2D eigenvalue weighted by atomic mass is 16.5. The Morgan fingerprint density at radius 1 is 1.21 bits per heavy atom. The quantitative estimate of drug-likeness (QED) is 0.871. The summed E-state index contributed by atoms with van der Waals surface area (Å²) in [5.41, 5.74) is 0.367. The highest BCUT2D eigenvalue weighted by molar-refractivity contribution is 5.84. The van der Waals surface area contributed by atoms with Crippen molar-refractivity contribution in [3.05, 3.63) is 64.1 Å². The molecule has 1 N–H and O–H groups in total. The number of benzene rings is 1. The molecule has 0 amide bonds. The van der Waals surface area contributed by atoms with Crippen LogP contribution in [0.4, 0.5) is 0 Å². The molecule has 0 spiro atoms. The number of nitrogens with zero attached hydrogens (tertiary/aromatic N) is 2. The summed E-state index contributed by atoms with van der Waals surface area (Å²) >= 11 is 0. The molecule has 0 aliphatic rings. The lowest BCUT2D eigenvalue weighted by atomic mass is 10.2. The lowest BCUT2D eigenvalue weighted by Crippen LogP contribution is -2.25. The summed E-state index contributed by atoms with van der Waals surface area (Å²) in [4.78, 5) is 22.2. The molecule has 1 aromatic carbocycles. The maximum Gasteiger partial charge on any atom is 0.356 e. The van der Waals surface area contributed by atoms with Gasteiger partial charge in [0.05, 0.1) is 6.61 Å². The van der Waals surface area contributed by atoms with Crippen LogP contribution < -0.4 is 5.56 Å². The largest absolute Gasteiger partial charge is 0.476 e. The van der Waals surface area contributed by atoms with E-state index in [-0.39, 0.29) is 12.4 Å². The Labute approximate surface area is 108 Å². The number of aromatic carboxylic acids is 1. The van der Waals surface area contributed by atoms with Crippen LogP contribution in [0, 0.1) is 0 Å². The second-order valence-corrected chi connectivity index (χ2v) is 3.82. The van der Waals surface area contributed by atoms with Gasteiger partial charge >= 0.3 is 5.97 Å². The fourth-order valence-electron chi connectivity index (χ4n) is 1.48. The minimum absolute atomic E-state index is 0.0884. The molecule has 6 nitrogen and oxygen atoms in total. The van der Waals surface area contributed by atoms with Gasteiger partial charge in [-0.05, 0) is 11.6 Å². The Kier molecular flexibility index (Phi) is 4.04. The van der Waals surface area contributed by atoms with Gasteiger partial charge in [0.2, 0.25) is 0 Å². The van der Waals surface area contributed by atoms with E-state index in [4.69, 9.17) is 9.84 Å². The molecule has 0 radical (unpaired) electrons. The first-order chi connectivity index (χ1) is 9.16. The normalized spacial score (nSPS) is 10.3. The van der Waals surface area contributed by atoms with Crippen LogP contribution in [0.2, 0.25) is 0 Å². The highest BCUT2D eigenvalue weighted by Crippen LogP contribution is 2.00. The zero-order chi connectivity index (χ0) is 13.7. The molecule has 2 aromatic rings. The minimum atomic E-state index is -1.18. The number of hydrogen-bond acceptors (Lipinski definition) is 4. The molecule has 0 saturated carbocycles. The average molecular weight is 260 g/mol. The maximum atomic E-state index is 11.5. The van der Waals surface area contributed by atoms with E-state index in [0.29, 0.717) is 6.61 Å². The summed E-state index contributed by atoms with van der Waals surface area (Å²) in [6, 6.07) is 11.8. The van der Waals surface area contributed by atoms with E-state index in [1.165, 1.54) is 6.07 Å². The maximum absolute atomic E-state index is 11.5. The number of hydrogen-bond donors (Lipinski definition) is 1. The van der Waals surface area contributed by atoms with E-state index in [1.807, 2.05) is 30.3 Å². The highest BCUT2D eigenvalue weighted by Gasteiger charge is 2.07. The molecule has 0 bridgehead atoms. The van der Waals surface area contributed by atoms with E-state index in [2.05, 4.69) is 5.10 Å². The van der Waals surface area contributed by atoms with Crippen LogP contribution in [-0.4, -0.2) is 20.9 Å². The number of carbonyl (C=O) groups is 1. The summed E-state index contributed by atoms with van der Waals surface area (Å²) in [5.74, 6) is -1.18. The standard InChI is InChI=1S/C13H12N2O4/c16-12-7-6-11(13(17)18)14-15(12)9-19-8-10-4-2-1-3-5-10/h1-7H,8-9H2,(H,17,18). The van der Waals surface area contributed by atoms with Gasteiger partial charge in [-0.1, -0.05) is 30.3 Å². The SMILES string of the molecule is O=C(O)c1ccc(=O)n(COCc2ccccc2)n1. The van der Waals surface area contributed by atoms with Gasteiger partial charge in [0, 0.05) is 6.07 Å². The van der Waals surface area contributed by atoms with Gasteiger partial charge in [-0.2, -0.15) is 5.10 Å². The van der Waals surface area contributed by atoms with Gasteiger partial charge < -0.3 is 9.84 Å². The van der Waals surface area contributed by atoms with Crippen LogP contribution in [0.3, 0.4) is 0 Å². The van der Waals surface area contributed by atoms with Gasteiger partial charge in [-0.3, -0.25) is 4.79 Å². The van der Waals surface area contributed by atoms with Gasteiger partial charge in [-0.15, -0.1) is 0 Å². The fraction of sp³-hybridized carbons (Fsp3) is 0.154. The first kappa shape index (κ1) is 13.0. The van der Waals surface area contributed by atoms with Crippen molar-refractivity contribution in [1.82, 2.24) is 9.78 Å². The second-order valence-electron chi connectivity index (χ2n) is 3.82. The molecular weight excluding hydrogens is 248 g/mol. The van der Waals surface area contributed by atoms with Crippen molar-refractivity contribution >= 4 is 5.97 Å². The van der Waals surface area contributed by atoms with Crippen molar-refractivity contribution in [3.8, 4) is 0 Å². The number of aromatic nitrogens is 2. The molecule has 19 heavy (non-hydrogen) atoms.